The molecule has 154 valence electrons. The van der Waals surface area contributed by atoms with Crippen molar-refractivity contribution in [1.82, 2.24) is 24.8 Å². The van der Waals surface area contributed by atoms with Gasteiger partial charge in [0.15, 0.2) is 11.5 Å². The van der Waals surface area contributed by atoms with Gasteiger partial charge >= 0.3 is 0 Å². The molecule has 7 nitrogen and oxygen atoms in total. The van der Waals surface area contributed by atoms with Gasteiger partial charge in [0.05, 0.1) is 5.69 Å². The minimum Gasteiger partial charge on any atom is -0.322 e. The predicted molar refractivity (Wildman–Crippen MR) is 124 cm³/mol. The van der Waals surface area contributed by atoms with E-state index in [0.29, 0.717) is 17.2 Å². The average molecular weight is 418 g/mol. The van der Waals surface area contributed by atoms with E-state index >= 15 is 0 Å². The average Bonchev–Trinajstić information content (AvgIpc) is 3.27. The summed E-state index contributed by atoms with van der Waals surface area (Å²) < 4.78 is 1.69. The third-order valence-corrected chi connectivity index (χ3v) is 4.84. The van der Waals surface area contributed by atoms with Gasteiger partial charge < -0.3 is 5.32 Å². The molecule has 0 saturated carbocycles. The number of hydrogen-bond acceptors (Lipinski definition) is 5. The van der Waals surface area contributed by atoms with Gasteiger partial charge in [-0.2, -0.15) is 9.61 Å². The van der Waals surface area contributed by atoms with Crippen LogP contribution in [0.25, 0.3) is 34.4 Å². The zero-order valence-corrected chi connectivity index (χ0v) is 17.0. The number of fused-ring (bicyclic) bond motifs is 1. The second-order valence-electron chi connectivity index (χ2n) is 7.07. The summed E-state index contributed by atoms with van der Waals surface area (Å²) in [4.78, 5) is 16.5. The Bertz CT molecular complexity index is 1410. The number of carbonyl (C=O) groups excluding carboxylic acids is 1. The van der Waals surface area contributed by atoms with E-state index < -0.39 is 0 Å². The number of carbonyl (C=O) groups is 1. The Morgan fingerprint density at radius 1 is 0.875 bits per heavy atom. The summed E-state index contributed by atoms with van der Waals surface area (Å²) in [5, 5.41) is 16.1. The molecule has 0 aliphatic heterocycles. The number of hydrogen-bond donors (Lipinski definition) is 1. The van der Waals surface area contributed by atoms with E-state index in [4.69, 9.17) is 5.10 Å². The number of anilines is 1. The first-order valence-corrected chi connectivity index (χ1v) is 10.0. The number of pyridine rings is 1. The van der Waals surface area contributed by atoms with Gasteiger partial charge in [-0.15, -0.1) is 10.2 Å². The van der Waals surface area contributed by atoms with Crippen LogP contribution in [0.5, 0.6) is 0 Å². The van der Waals surface area contributed by atoms with Gasteiger partial charge in [-0.05, 0) is 48.0 Å². The normalized spacial score (nSPS) is 11.1. The van der Waals surface area contributed by atoms with Crippen molar-refractivity contribution < 1.29 is 4.79 Å². The molecule has 32 heavy (non-hydrogen) atoms. The summed E-state index contributed by atoms with van der Waals surface area (Å²) in [7, 11) is 0. The molecule has 0 aliphatic rings. The summed E-state index contributed by atoms with van der Waals surface area (Å²) in [5.41, 5.74) is 4.72. The van der Waals surface area contributed by atoms with Crippen LogP contribution >= 0.6 is 0 Å². The standard InChI is InChI=1S/C25H18N6O/c32-24(14-11-18-6-2-1-3-7-18)27-21-10-4-8-19(16-21)22-12-13-23-28-29-25(31(23)30-22)20-9-5-15-26-17-20/h1-17H,(H,27,32)/b14-11+. The fourth-order valence-corrected chi connectivity index (χ4v) is 3.29. The summed E-state index contributed by atoms with van der Waals surface area (Å²) in [5.74, 6) is 0.414. The van der Waals surface area contributed by atoms with E-state index in [2.05, 4.69) is 20.5 Å². The molecule has 0 spiro atoms. The third kappa shape index (κ3) is 4.13. The fraction of sp³-hybridized carbons (Fsp3) is 0. The van der Waals surface area contributed by atoms with Gasteiger partial charge in [0.1, 0.15) is 0 Å². The highest BCUT2D eigenvalue weighted by molar-refractivity contribution is 6.02. The van der Waals surface area contributed by atoms with E-state index in [9.17, 15) is 4.79 Å². The van der Waals surface area contributed by atoms with Crippen LogP contribution in [-0.4, -0.2) is 30.7 Å². The minimum absolute atomic E-state index is 0.202. The Hall–Kier alpha value is -4.65. The maximum absolute atomic E-state index is 12.3. The molecule has 0 atom stereocenters. The van der Waals surface area contributed by atoms with Gasteiger partial charge in [0.25, 0.3) is 0 Å². The lowest BCUT2D eigenvalue weighted by atomic mass is 10.1. The van der Waals surface area contributed by atoms with Crippen LogP contribution in [0.4, 0.5) is 5.69 Å². The number of benzene rings is 2. The molecule has 2 aromatic carbocycles. The van der Waals surface area contributed by atoms with Crippen molar-refractivity contribution in [2.45, 2.75) is 0 Å². The zero-order valence-electron chi connectivity index (χ0n) is 17.0. The van der Waals surface area contributed by atoms with Crippen molar-refractivity contribution in [3.63, 3.8) is 0 Å². The molecule has 5 rings (SSSR count). The molecule has 0 saturated heterocycles. The van der Waals surface area contributed by atoms with Crippen molar-refractivity contribution >= 4 is 23.3 Å². The van der Waals surface area contributed by atoms with E-state index in [1.165, 1.54) is 6.08 Å². The van der Waals surface area contributed by atoms with E-state index in [-0.39, 0.29) is 5.91 Å². The monoisotopic (exact) mass is 418 g/mol. The number of aromatic nitrogens is 5. The molecule has 0 fully saturated rings. The molecule has 1 N–H and O–H groups in total. The third-order valence-electron chi connectivity index (χ3n) is 4.84. The second-order valence-corrected chi connectivity index (χ2v) is 7.07. The maximum Gasteiger partial charge on any atom is 0.248 e. The first-order valence-electron chi connectivity index (χ1n) is 10.0. The molecule has 3 aromatic heterocycles. The van der Waals surface area contributed by atoms with Gasteiger partial charge in [-0.25, -0.2) is 0 Å². The Morgan fingerprint density at radius 3 is 2.59 bits per heavy atom. The van der Waals surface area contributed by atoms with Crippen LogP contribution in [0.2, 0.25) is 0 Å². The van der Waals surface area contributed by atoms with Crippen LogP contribution in [-0.2, 0) is 4.79 Å². The van der Waals surface area contributed by atoms with Crippen LogP contribution in [0, 0.1) is 0 Å². The Labute approximate surface area is 184 Å². The highest BCUT2D eigenvalue weighted by atomic mass is 16.1. The molecular formula is C25H18N6O. The molecule has 7 heteroatoms. The van der Waals surface area contributed by atoms with Crippen LogP contribution in [0.15, 0.2) is 97.3 Å². The van der Waals surface area contributed by atoms with Gasteiger partial charge in [0.2, 0.25) is 5.91 Å². The Balaban J connectivity index is 1.40. The first kappa shape index (κ1) is 19.3. The molecule has 0 unspecified atom stereocenters. The molecular weight excluding hydrogens is 400 g/mol. The molecule has 0 radical (unpaired) electrons. The van der Waals surface area contributed by atoms with Crippen LogP contribution in [0.1, 0.15) is 5.56 Å². The van der Waals surface area contributed by atoms with Crippen LogP contribution < -0.4 is 5.32 Å². The molecule has 5 aromatic rings. The van der Waals surface area contributed by atoms with E-state index in [1.807, 2.05) is 78.9 Å². The maximum atomic E-state index is 12.3. The Morgan fingerprint density at radius 2 is 1.75 bits per heavy atom. The summed E-state index contributed by atoms with van der Waals surface area (Å²) in [6, 6.07) is 24.7. The van der Waals surface area contributed by atoms with Crippen molar-refractivity contribution in [3.8, 4) is 22.6 Å². The second kappa shape index (κ2) is 8.61. The quantitative estimate of drug-likeness (QED) is 0.425. The minimum atomic E-state index is -0.202. The largest absolute Gasteiger partial charge is 0.322 e. The lowest BCUT2D eigenvalue weighted by Gasteiger charge is -2.07. The van der Waals surface area contributed by atoms with E-state index in [0.717, 1.165) is 22.4 Å². The lowest BCUT2D eigenvalue weighted by Crippen LogP contribution is -2.07. The fourth-order valence-electron chi connectivity index (χ4n) is 3.29. The number of amides is 1. The van der Waals surface area contributed by atoms with Crippen molar-refractivity contribution in [1.29, 1.82) is 0 Å². The van der Waals surface area contributed by atoms with Crippen LogP contribution in [0.3, 0.4) is 0 Å². The van der Waals surface area contributed by atoms with Gasteiger partial charge in [-0.3, -0.25) is 9.78 Å². The first-order chi connectivity index (χ1) is 15.8. The van der Waals surface area contributed by atoms with Gasteiger partial charge in [0, 0.05) is 35.3 Å². The summed E-state index contributed by atoms with van der Waals surface area (Å²) >= 11 is 0. The van der Waals surface area contributed by atoms with Crippen molar-refractivity contribution in [2.24, 2.45) is 0 Å². The van der Waals surface area contributed by atoms with Crippen molar-refractivity contribution in [3.05, 3.63) is 103 Å². The highest BCUT2D eigenvalue weighted by Gasteiger charge is 2.11. The molecule has 1 amide bonds. The SMILES string of the molecule is O=C(/C=C/c1ccccc1)Nc1cccc(-c2ccc3nnc(-c4cccnc4)n3n2)c1. The smallest absolute Gasteiger partial charge is 0.248 e. The Kier molecular flexibility index (Phi) is 5.20. The summed E-state index contributed by atoms with van der Waals surface area (Å²) in [6.45, 7) is 0. The van der Waals surface area contributed by atoms with E-state index in [1.54, 1.807) is 23.0 Å². The number of rotatable bonds is 5. The molecule has 3 heterocycles. The predicted octanol–water partition coefficient (Wildman–Crippen LogP) is 4.51. The highest BCUT2D eigenvalue weighted by Crippen LogP contribution is 2.23. The topological polar surface area (TPSA) is 85.1 Å². The summed E-state index contributed by atoms with van der Waals surface area (Å²) in [6.07, 6.45) is 6.73. The number of nitrogens with one attached hydrogen (secondary N) is 1. The lowest BCUT2D eigenvalue weighted by molar-refractivity contribution is -0.111. The zero-order chi connectivity index (χ0) is 21.8. The molecule has 0 aliphatic carbocycles. The number of nitrogens with zero attached hydrogens (tertiary/aromatic N) is 5. The molecule has 0 bridgehead atoms. The van der Waals surface area contributed by atoms with Crippen molar-refractivity contribution in [2.75, 3.05) is 5.32 Å². The van der Waals surface area contributed by atoms with Gasteiger partial charge in [-0.1, -0.05) is 42.5 Å².